The van der Waals surface area contributed by atoms with Crippen molar-refractivity contribution < 1.29 is 24.1 Å². The lowest BCUT2D eigenvalue weighted by atomic mass is 10.1. The molecular formula is C10H11FO4. The molecule has 0 bridgehead atoms. The topological polar surface area (TPSA) is 66.8 Å². The van der Waals surface area contributed by atoms with Crippen LogP contribution in [0.1, 0.15) is 18.1 Å². The zero-order valence-corrected chi connectivity index (χ0v) is 8.11. The normalized spacial score (nSPS) is 12.2. The summed E-state index contributed by atoms with van der Waals surface area (Å²) in [5, 5.41) is 17.9. The van der Waals surface area contributed by atoms with Crippen molar-refractivity contribution >= 4 is 5.97 Å². The Labute approximate surface area is 85.9 Å². The molecule has 0 saturated heterocycles. The highest BCUT2D eigenvalue weighted by molar-refractivity contribution is 5.67. The van der Waals surface area contributed by atoms with Gasteiger partial charge in [-0.3, -0.25) is 4.79 Å². The largest absolute Gasteiger partial charge is 0.494 e. The summed E-state index contributed by atoms with van der Waals surface area (Å²) in [6, 6.07) is 3.73. The lowest BCUT2D eigenvalue weighted by molar-refractivity contribution is -0.139. The zero-order chi connectivity index (χ0) is 11.4. The first-order valence-corrected chi connectivity index (χ1v) is 4.28. The Balaban J connectivity index is 2.90. The highest BCUT2D eigenvalue weighted by Crippen LogP contribution is 2.24. The van der Waals surface area contributed by atoms with Crippen LogP contribution in [0.25, 0.3) is 0 Å². The molecule has 0 heterocycles. The van der Waals surface area contributed by atoms with Crippen LogP contribution in [0.3, 0.4) is 0 Å². The molecule has 1 aromatic carbocycles. The van der Waals surface area contributed by atoms with E-state index >= 15 is 0 Å². The molecule has 0 aliphatic rings. The monoisotopic (exact) mass is 214 g/mol. The molecular weight excluding hydrogens is 203 g/mol. The Bertz CT molecular complexity index is 364. The summed E-state index contributed by atoms with van der Waals surface area (Å²) >= 11 is 0. The fraction of sp³-hybridized carbons (Fsp3) is 0.300. The lowest BCUT2D eigenvalue weighted by Crippen LogP contribution is -2.05. The van der Waals surface area contributed by atoms with E-state index in [0.717, 1.165) is 6.07 Å². The second kappa shape index (κ2) is 4.75. The third-order valence-electron chi connectivity index (χ3n) is 1.93. The van der Waals surface area contributed by atoms with Crippen LogP contribution in [0.4, 0.5) is 4.39 Å². The Morgan fingerprint density at radius 3 is 2.80 bits per heavy atom. The smallest absolute Gasteiger partial charge is 0.306 e. The van der Waals surface area contributed by atoms with Gasteiger partial charge in [0.25, 0.3) is 0 Å². The molecule has 0 fully saturated rings. The molecule has 0 saturated carbocycles. The number of aliphatic carboxylic acids is 1. The predicted molar refractivity (Wildman–Crippen MR) is 50.2 cm³/mol. The quantitative estimate of drug-likeness (QED) is 0.793. The van der Waals surface area contributed by atoms with E-state index in [1.807, 2.05) is 0 Å². The van der Waals surface area contributed by atoms with E-state index in [4.69, 9.17) is 9.84 Å². The minimum absolute atomic E-state index is 0.0167. The van der Waals surface area contributed by atoms with E-state index in [1.165, 1.54) is 19.2 Å². The number of ether oxygens (including phenoxy) is 1. The first kappa shape index (κ1) is 11.5. The molecule has 0 aromatic heterocycles. The van der Waals surface area contributed by atoms with Crippen LogP contribution in [-0.4, -0.2) is 23.3 Å². The van der Waals surface area contributed by atoms with Crippen LogP contribution in [-0.2, 0) is 4.79 Å². The predicted octanol–water partition coefficient (Wildman–Crippen LogP) is 1.34. The van der Waals surface area contributed by atoms with Crippen molar-refractivity contribution in [3.8, 4) is 5.75 Å². The van der Waals surface area contributed by atoms with Gasteiger partial charge in [-0.15, -0.1) is 0 Å². The van der Waals surface area contributed by atoms with Gasteiger partial charge >= 0.3 is 5.97 Å². The van der Waals surface area contributed by atoms with Gasteiger partial charge in [-0.2, -0.15) is 0 Å². The summed E-state index contributed by atoms with van der Waals surface area (Å²) in [6.07, 6.45) is -1.58. The molecule has 0 amide bonds. The molecule has 4 nitrogen and oxygen atoms in total. The van der Waals surface area contributed by atoms with Gasteiger partial charge in [0.15, 0.2) is 11.6 Å². The summed E-state index contributed by atoms with van der Waals surface area (Å²) in [5.74, 6) is -1.69. The molecule has 0 aliphatic carbocycles. The molecule has 1 aromatic rings. The number of methoxy groups -OCH3 is 1. The van der Waals surface area contributed by atoms with Crippen LogP contribution in [0.15, 0.2) is 18.2 Å². The van der Waals surface area contributed by atoms with E-state index in [9.17, 15) is 14.3 Å². The van der Waals surface area contributed by atoms with Crippen LogP contribution >= 0.6 is 0 Å². The number of aliphatic hydroxyl groups excluding tert-OH is 1. The summed E-state index contributed by atoms with van der Waals surface area (Å²) in [7, 11) is 1.30. The Morgan fingerprint density at radius 1 is 1.60 bits per heavy atom. The molecule has 15 heavy (non-hydrogen) atoms. The Morgan fingerprint density at radius 2 is 2.27 bits per heavy atom. The maximum Gasteiger partial charge on any atom is 0.306 e. The number of hydrogen-bond acceptors (Lipinski definition) is 3. The third-order valence-corrected chi connectivity index (χ3v) is 1.93. The SMILES string of the molecule is COc1cc([C@@H](O)CC(=O)O)ccc1F. The number of rotatable bonds is 4. The molecule has 5 heteroatoms. The van der Waals surface area contributed by atoms with Gasteiger partial charge in [0.2, 0.25) is 0 Å². The van der Waals surface area contributed by atoms with Gasteiger partial charge in [-0.1, -0.05) is 6.07 Å². The van der Waals surface area contributed by atoms with Gasteiger partial charge in [-0.25, -0.2) is 4.39 Å². The number of halogens is 1. The van der Waals surface area contributed by atoms with E-state index < -0.39 is 24.3 Å². The fourth-order valence-electron chi connectivity index (χ4n) is 1.17. The number of carbonyl (C=O) groups is 1. The van der Waals surface area contributed by atoms with E-state index in [2.05, 4.69) is 0 Å². The average Bonchev–Trinajstić information content (AvgIpc) is 2.17. The van der Waals surface area contributed by atoms with Crippen LogP contribution < -0.4 is 4.74 Å². The maximum atomic E-state index is 13.0. The van der Waals surface area contributed by atoms with Gasteiger partial charge in [0.1, 0.15) is 0 Å². The number of hydrogen-bond donors (Lipinski definition) is 2. The van der Waals surface area contributed by atoms with Crippen LogP contribution in [0.5, 0.6) is 5.75 Å². The number of aliphatic hydroxyl groups is 1. The van der Waals surface area contributed by atoms with Crippen molar-refractivity contribution in [3.63, 3.8) is 0 Å². The first-order valence-electron chi connectivity index (χ1n) is 4.28. The molecule has 0 radical (unpaired) electrons. The second-order valence-electron chi connectivity index (χ2n) is 3.01. The minimum Gasteiger partial charge on any atom is -0.494 e. The molecule has 0 unspecified atom stereocenters. The Hall–Kier alpha value is -1.62. The van der Waals surface area contributed by atoms with Gasteiger partial charge < -0.3 is 14.9 Å². The van der Waals surface area contributed by atoms with Gasteiger partial charge in [0, 0.05) is 0 Å². The lowest BCUT2D eigenvalue weighted by Gasteiger charge is -2.10. The van der Waals surface area contributed by atoms with Gasteiger partial charge in [-0.05, 0) is 17.7 Å². The third kappa shape index (κ3) is 2.92. The van der Waals surface area contributed by atoms with Crippen LogP contribution in [0, 0.1) is 5.82 Å². The Kier molecular flexibility index (Phi) is 3.62. The summed E-state index contributed by atoms with van der Waals surface area (Å²) in [6.45, 7) is 0. The summed E-state index contributed by atoms with van der Waals surface area (Å²) < 4.78 is 17.7. The molecule has 82 valence electrons. The van der Waals surface area contributed by atoms with E-state index in [0.29, 0.717) is 5.56 Å². The van der Waals surface area contributed by atoms with Crippen molar-refractivity contribution in [1.82, 2.24) is 0 Å². The molecule has 1 atom stereocenters. The molecule has 0 spiro atoms. The summed E-state index contributed by atoms with van der Waals surface area (Å²) in [5.41, 5.74) is 0.315. The molecule has 0 aliphatic heterocycles. The van der Waals surface area contributed by atoms with Crippen LogP contribution in [0.2, 0.25) is 0 Å². The number of carboxylic acid groups (broad SMARTS) is 1. The van der Waals surface area contributed by atoms with Crippen molar-refractivity contribution in [1.29, 1.82) is 0 Å². The fourth-order valence-corrected chi connectivity index (χ4v) is 1.17. The number of carboxylic acids is 1. The number of benzene rings is 1. The van der Waals surface area contributed by atoms with Crippen molar-refractivity contribution in [3.05, 3.63) is 29.6 Å². The van der Waals surface area contributed by atoms with Gasteiger partial charge in [0.05, 0.1) is 19.6 Å². The highest BCUT2D eigenvalue weighted by Gasteiger charge is 2.14. The first-order chi connectivity index (χ1) is 7.04. The average molecular weight is 214 g/mol. The highest BCUT2D eigenvalue weighted by atomic mass is 19.1. The van der Waals surface area contributed by atoms with Crippen molar-refractivity contribution in [2.24, 2.45) is 0 Å². The minimum atomic E-state index is -1.16. The standard InChI is InChI=1S/C10H11FO4/c1-15-9-4-6(2-3-7(9)11)8(12)5-10(13)14/h2-4,8,12H,5H2,1H3,(H,13,14)/t8-/m0/s1. The second-order valence-corrected chi connectivity index (χ2v) is 3.01. The molecule has 2 N–H and O–H groups in total. The van der Waals surface area contributed by atoms with Crippen molar-refractivity contribution in [2.45, 2.75) is 12.5 Å². The summed E-state index contributed by atoms with van der Waals surface area (Å²) in [4.78, 5) is 10.3. The van der Waals surface area contributed by atoms with E-state index in [1.54, 1.807) is 0 Å². The molecule has 1 rings (SSSR count). The van der Waals surface area contributed by atoms with Crippen molar-refractivity contribution in [2.75, 3.05) is 7.11 Å². The van der Waals surface area contributed by atoms with E-state index in [-0.39, 0.29) is 5.75 Å². The zero-order valence-electron chi connectivity index (χ0n) is 8.11. The maximum absolute atomic E-state index is 13.0.